The summed E-state index contributed by atoms with van der Waals surface area (Å²) in [7, 11) is -0.869. The molecule has 1 fully saturated rings. The molecule has 1 aromatic carbocycles. The molecule has 0 atom stereocenters. The van der Waals surface area contributed by atoms with Gasteiger partial charge in [0, 0.05) is 51.5 Å². The van der Waals surface area contributed by atoms with Crippen LogP contribution in [0.15, 0.2) is 47.5 Å². The molecular weight excluding hydrogens is 412 g/mol. The molecule has 1 aliphatic heterocycles. The number of carbonyl (C=O) groups excluding carboxylic acids is 1. The van der Waals surface area contributed by atoms with Gasteiger partial charge in [0.05, 0.1) is 10.7 Å². The summed E-state index contributed by atoms with van der Waals surface area (Å²) in [6.45, 7) is 2.52. The minimum Gasteiger partial charge on any atom is -0.349 e. The van der Waals surface area contributed by atoms with E-state index >= 15 is 0 Å². The van der Waals surface area contributed by atoms with Gasteiger partial charge < -0.3 is 5.32 Å². The average Bonchev–Trinajstić information content (AvgIpc) is 2.70. The zero-order valence-electron chi connectivity index (χ0n) is 16.5. The van der Waals surface area contributed by atoms with Gasteiger partial charge in [-0.1, -0.05) is 17.7 Å². The standard InChI is InChI=1S/C20H25ClN4O3S/c1-24(2)29(27,28)19-13-15(6-7-18(19)21)20(26)23-16-8-11-25(12-9-16)14-17-5-3-4-10-22-17/h3-7,10,13,16H,8-9,11-12,14H2,1-2H3,(H,23,26). The smallest absolute Gasteiger partial charge is 0.251 e. The van der Waals surface area contributed by atoms with Crippen LogP contribution >= 0.6 is 11.6 Å². The number of piperidine rings is 1. The number of aromatic nitrogens is 1. The first-order valence-corrected chi connectivity index (χ1v) is 11.2. The maximum atomic E-state index is 12.7. The summed E-state index contributed by atoms with van der Waals surface area (Å²) < 4.78 is 25.9. The highest BCUT2D eigenvalue weighted by molar-refractivity contribution is 7.89. The van der Waals surface area contributed by atoms with Gasteiger partial charge in [-0.05, 0) is 43.2 Å². The fraction of sp³-hybridized carbons (Fsp3) is 0.400. The molecule has 156 valence electrons. The molecule has 2 aromatic rings. The van der Waals surface area contributed by atoms with Gasteiger partial charge in [-0.15, -0.1) is 0 Å². The summed E-state index contributed by atoms with van der Waals surface area (Å²) in [5.74, 6) is -0.292. The van der Waals surface area contributed by atoms with Gasteiger partial charge in [-0.25, -0.2) is 12.7 Å². The van der Waals surface area contributed by atoms with Gasteiger partial charge in [0.1, 0.15) is 4.90 Å². The summed E-state index contributed by atoms with van der Waals surface area (Å²) in [6, 6.07) is 10.3. The van der Waals surface area contributed by atoms with Crippen molar-refractivity contribution in [2.24, 2.45) is 0 Å². The number of amides is 1. The molecule has 29 heavy (non-hydrogen) atoms. The van der Waals surface area contributed by atoms with Crippen molar-refractivity contribution < 1.29 is 13.2 Å². The Morgan fingerprint density at radius 2 is 1.97 bits per heavy atom. The predicted molar refractivity (Wildman–Crippen MR) is 112 cm³/mol. The molecule has 0 bridgehead atoms. The number of likely N-dealkylation sites (tertiary alicyclic amines) is 1. The molecule has 1 amide bonds. The Hall–Kier alpha value is -2.00. The topological polar surface area (TPSA) is 82.6 Å². The van der Waals surface area contributed by atoms with E-state index in [9.17, 15) is 13.2 Å². The number of hydrogen-bond acceptors (Lipinski definition) is 5. The van der Waals surface area contributed by atoms with Crippen LogP contribution in [0.3, 0.4) is 0 Å². The van der Waals surface area contributed by atoms with E-state index in [0.29, 0.717) is 0 Å². The van der Waals surface area contributed by atoms with E-state index in [0.717, 1.165) is 42.5 Å². The van der Waals surface area contributed by atoms with Crippen LogP contribution in [-0.2, 0) is 16.6 Å². The lowest BCUT2D eigenvalue weighted by molar-refractivity contribution is 0.0908. The lowest BCUT2D eigenvalue weighted by atomic mass is 10.0. The fourth-order valence-corrected chi connectivity index (χ4v) is 4.66. The predicted octanol–water partition coefficient (Wildman–Crippen LogP) is 2.38. The minimum absolute atomic E-state index is 0.0482. The number of hydrogen-bond donors (Lipinski definition) is 1. The first-order chi connectivity index (χ1) is 13.8. The van der Waals surface area contributed by atoms with E-state index in [1.807, 2.05) is 18.2 Å². The van der Waals surface area contributed by atoms with Crippen LogP contribution in [0.25, 0.3) is 0 Å². The Morgan fingerprint density at radius 3 is 2.59 bits per heavy atom. The maximum Gasteiger partial charge on any atom is 0.251 e. The monoisotopic (exact) mass is 436 g/mol. The molecule has 0 aliphatic carbocycles. The molecule has 1 saturated heterocycles. The lowest BCUT2D eigenvalue weighted by Gasteiger charge is -2.32. The van der Waals surface area contributed by atoms with Crippen LogP contribution in [0, 0.1) is 0 Å². The number of nitrogens with zero attached hydrogens (tertiary/aromatic N) is 3. The zero-order valence-corrected chi connectivity index (χ0v) is 18.1. The molecular formula is C20H25ClN4O3S. The van der Waals surface area contributed by atoms with Crippen molar-refractivity contribution in [1.29, 1.82) is 0 Å². The van der Waals surface area contributed by atoms with E-state index in [2.05, 4.69) is 15.2 Å². The second-order valence-corrected chi connectivity index (χ2v) is 9.81. The quantitative estimate of drug-likeness (QED) is 0.751. The molecule has 2 heterocycles. The summed E-state index contributed by atoms with van der Waals surface area (Å²) in [5.41, 5.74) is 1.32. The normalized spacial score (nSPS) is 16.1. The second-order valence-electron chi connectivity index (χ2n) is 7.28. The lowest BCUT2D eigenvalue weighted by Crippen LogP contribution is -2.44. The minimum atomic E-state index is -3.72. The molecule has 0 spiro atoms. The van der Waals surface area contributed by atoms with E-state index in [4.69, 9.17) is 11.6 Å². The first-order valence-electron chi connectivity index (χ1n) is 9.42. The van der Waals surface area contributed by atoms with Gasteiger partial charge in [0.15, 0.2) is 0 Å². The Kier molecular flexibility index (Phi) is 6.89. The molecule has 9 heteroatoms. The number of carbonyl (C=O) groups is 1. The summed E-state index contributed by atoms with van der Waals surface area (Å²) in [6.07, 6.45) is 3.45. The number of sulfonamides is 1. The molecule has 1 aliphatic rings. The van der Waals surface area contributed by atoms with Crippen molar-refractivity contribution in [3.05, 3.63) is 58.9 Å². The highest BCUT2D eigenvalue weighted by Gasteiger charge is 2.25. The molecule has 1 N–H and O–H groups in total. The van der Waals surface area contributed by atoms with Gasteiger partial charge in [0.25, 0.3) is 5.91 Å². The Morgan fingerprint density at radius 1 is 1.24 bits per heavy atom. The Bertz CT molecular complexity index is 959. The highest BCUT2D eigenvalue weighted by atomic mass is 35.5. The number of halogens is 1. The van der Waals surface area contributed by atoms with Crippen molar-refractivity contribution >= 4 is 27.5 Å². The van der Waals surface area contributed by atoms with Crippen molar-refractivity contribution in [2.45, 2.75) is 30.3 Å². The number of nitrogens with one attached hydrogen (secondary N) is 1. The number of pyridine rings is 1. The third-order valence-corrected chi connectivity index (χ3v) is 7.28. The molecule has 7 nitrogen and oxygen atoms in total. The SMILES string of the molecule is CN(C)S(=O)(=O)c1cc(C(=O)NC2CCN(Cc3ccccn3)CC2)ccc1Cl. The van der Waals surface area contributed by atoms with Crippen LogP contribution < -0.4 is 5.32 Å². The van der Waals surface area contributed by atoms with E-state index in [-0.39, 0.29) is 27.4 Å². The number of rotatable bonds is 6. The zero-order chi connectivity index (χ0) is 21.0. The van der Waals surface area contributed by atoms with Gasteiger partial charge in [-0.3, -0.25) is 14.7 Å². The van der Waals surface area contributed by atoms with Crippen molar-refractivity contribution in [2.75, 3.05) is 27.2 Å². The van der Waals surface area contributed by atoms with Crippen LogP contribution in [0.5, 0.6) is 0 Å². The Balaban J connectivity index is 1.60. The molecule has 0 radical (unpaired) electrons. The van der Waals surface area contributed by atoms with Gasteiger partial charge in [-0.2, -0.15) is 0 Å². The molecule has 1 aromatic heterocycles. The van der Waals surface area contributed by atoms with Crippen molar-refractivity contribution in [3.8, 4) is 0 Å². The van der Waals surface area contributed by atoms with Gasteiger partial charge in [0.2, 0.25) is 10.0 Å². The first kappa shape index (κ1) is 21.7. The van der Waals surface area contributed by atoms with Gasteiger partial charge >= 0.3 is 0 Å². The molecule has 0 unspecified atom stereocenters. The van der Waals surface area contributed by atoms with Crippen LogP contribution in [-0.4, -0.2) is 61.7 Å². The van der Waals surface area contributed by atoms with Crippen LogP contribution in [0.1, 0.15) is 28.9 Å². The summed E-state index contributed by atoms with van der Waals surface area (Å²) in [5, 5.41) is 3.11. The maximum absolute atomic E-state index is 12.7. The Labute approximate surface area is 176 Å². The third kappa shape index (κ3) is 5.33. The molecule has 3 rings (SSSR count). The van der Waals surface area contributed by atoms with Crippen molar-refractivity contribution in [1.82, 2.24) is 19.5 Å². The third-order valence-electron chi connectivity index (χ3n) is 4.99. The highest BCUT2D eigenvalue weighted by Crippen LogP contribution is 2.25. The van der Waals surface area contributed by atoms with Crippen LogP contribution in [0.4, 0.5) is 0 Å². The van der Waals surface area contributed by atoms with Crippen LogP contribution in [0.2, 0.25) is 5.02 Å². The second kappa shape index (κ2) is 9.21. The van der Waals surface area contributed by atoms with E-state index in [1.165, 1.54) is 26.2 Å². The van der Waals surface area contributed by atoms with E-state index < -0.39 is 10.0 Å². The molecule has 0 saturated carbocycles. The van der Waals surface area contributed by atoms with E-state index in [1.54, 1.807) is 12.3 Å². The summed E-state index contributed by atoms with van der Waals surface area (Å²) in [4.78, 5) is 19.3. The number of benzene rings is 1. The average molecular weight is 437 g/mol. The summed E-state index contributed by atoms with van der Waals surface area (Å²) >= 11 is 6.06. The largest absolute Gasteiger partial charge is 0.349 e. The van der Waals surface area contributed by atoms with Crippen molar-refractivity contribution in [3.63, 3.8) is 0 Å². The fourth-order valence-electron chi connectivity index (χ4n) is 3.26.